The van der Waals surface area contributed by atoms with Crippen molar-refractivity contribution in [2.75, 3.05) is 12.3 Å². The summed E-state index contributed by atoms with van der Waals surface area (Å²) in [6, 6.07) is 7.60. The topological polar surface area (TPSA) is 68.0 Å². The van der Waals surface area contributed by atoms with Gasteiger partial charge in [0.05, 0.1) is 12.1 Å². The van der Waals surface area contributed by atoms with Gasteiger partial charge in [0.25, 0.3) is 0 Å². The number of thiazole rings is 1. The van der Waals surface area contributed by atoms with E-state index in [1.165, 1.54) is 0 Å². The number of benzene rings is 1. The lowest BCUT2D eigenvalue weighted by Crippen LogP contribution is -2.26. The first-order valence-corrected chi connectivity index (χ1v) is 7.64. The van der Waals surface area contributed by atoms with Crippen LogP contribution in [0, 0.1) is 0 Å². The average Bonchev–Trinajstić information content (AvgIpc) is 2.88. The number of anilines is 1. The lowest BCUT2D eigenvalue weighted by atomic mass is 10.2. The second kappa shape index (κ2) is 7.05. The highest BCUT2D eigenvalue weighted by atomic mass is 32.1. The molecular weight excluding hydrogens is 270 g/mol. The summed E-state index contributed by atoms with van der Waals surface area (Å²) in [4.78, 5) is 16.2. The van der Waals surface area contributed by atoms with Gasteiger partial charge < -0.3 is 11.1 Å². The largest absolute Gasteiger partial charge is 0.399 e. The van der Waals surface area contributed by atoms with Crippen molar-refractivity contribution in [1.29, 1.82) is 0 Å². The quantitative estimate of drug-likeness (QED) is 0.634. The van der Waals surface area contributed by atoms with Crippen molar-refractivity contribution in [1.82, 2.24) is 10.3 Å². The van der Waals surface area contributed by atoms with E-state index in [1.54, 1.807) is 11.3 Å². The molecule has 1 heterocycles. The van der Waals surface area contributed by atoms with E-state index in [0.717, 1.165) is 41.3 Å². The molecule has 0 bridgehead atoms. The summed E-state index contributed by atoms with van der Waals surface area (Å²) in [7, 11) is 0. The van der Waals surface area contributed by atoms with Gasteiger partial charge in [-0.2, -0.15) is 0 Å². The first kappa shape index (κ1) is 14.5. The number of carbonyl (C=O) groups excluding carboxylic acids is 1. The Bertz CT molecular complexity index is 563. The van der Waals surface area contributed by atoms with Gasteiger partial charge in [0.2, 0.25) is 5.91 Å². The summed E-state index contributed by atoms with van der Waals surface area (Å²) >= 11 is 1.55. The normalized spacial score (nSPS) is 10.4. The third-order valence-electron chi connectivity index (χ3n) is 2.90. The predicted octanol–water partition coefficient (Wildman–Crippen LogP) is 2.85. The highest BCUT2D eigenvalue weighted by Crippen LogP contribution is 2.24. The summed E-state index contributed by atoms with van der Waals surface area (Å²) in [5.74, 6) is 0.0348. The summed E-state index contributed by atoms with van der Waals surface area (Å²) < 4.78 is 0. The number of aromatic nitrogens is 1. The zero-order chi connectivity index (χ0) is 14.4. The van der Waals surface area contributed by atoms with Gasteiger partial charge in [-0.15, -0.1) is 11.3 Å². The number of nitrogens with two attached hydrogens (primary N) is 1. The Morgan fingerprint density at radius 3 is 2.80 bits per heavy atom. The van der Waals surface area contributed by atoms with Crippen LogP contribution in [0.4, 0.5) is 5.69 Å². The third-order valence-corrected chi connectivity index (χ3v) is 3.84. The lowest BCUT2D eigenvalue weighted by Gasteiger charge is -2.02. The van der Waals surface area contributed by atoms with Crippen LogP contribution in [-0.2, 0) is 11.2 Å². The number of nitrogens with one attached hydrogen (secondary N) is 1. The molecule has 2 rings (SSSR count). The molecule has 4 nitrogen and oxygen atoms in total. The number of nitrogen functional groups attached to an aromatic ring is 1. The minimum Gasteiger partial charge on any atom is -0.399 e. The molecule has 1 amide bonds. The minimum absolute atomic E-state index is 0.0348. The van der Waals surface area contributed by atoms with Crippen molar-refractivity contribution in [3.05, 3.63) is 35.3 Å². The summed E-state index contributed by atoms with van der Waals surface area (Å²) in [6.07, 6.45) is 2.44. The molecule has 0 radical (unpaired) electrons. The molecule has 0 saturated carbocycles. The Balaban J connectivity index is 1.95. The minimum atomic E-state index is 0.0348. The summed E-state index contributed by atoms with van der Waals surface area (Å²) in [6.45, 7) is 2.84. The molecule has 5 heteroatoms. The highest BCUT2D eigenvalue weighted by molar-refractivity contribution is 7.13. The number of nitrogens with zero attached hydrogens (tertiary/aromatic N) is 1. The fourth-order valence-corrected chi connectivity index (χ4v) is 2.60. The highest BCUT2D eigenvalue weighted by Gasteiger charge is 2.08. The van der Waals surface area contributed by atoms with Crippen molar-refractivity contribution in [3.63, 3.8) is 0 Å². The molecular formula is C15H19N3OS. The maximum atomic E-state index is 11.7. The van der Waals surface area contributed by atoms with Crippen LogP contribution in [0.1, 0.15) is 25.5 Å². The molecule has 0 fully saturated rings. The Hall–Kier alpha value is -1.88. The summed E-state index contributed by atoms with van der Waals surface area (Å²) in [5, 5.41) is 5.75. The first-order chi connectivity index (χ1) is 9.69. The Labute approximate surface area is 123 Å². The van der Waals surface area contributed by atoms with Gasteiger partial charge in [-0.25, -0.2) is 4.98 Å². The fraction of sp³-hybridized carbons (Fsp3) is 0.333. The Kier molecular flexibility index (Phi) is 5.12. The number of amides is 1. The van der Waals surface area contributed by atoms with Crippen molar-refractivity contribution in [2.45, 2.75) is 26.2 Å². The van der Waals surface area contributed by atoms with Crippen molar-refractivity contribution in [3.8, 4) is 10.6 Å². The number of carbonyl (C=O) groups is 1. The van der Waals surface area contributed by atoms with Crippen molar-refractivity contribution in [2.24, 2.45) is 0 Å². The van der Waals surface area contributed by atoms with Crippen LogP contribution < -0.4 is 11.1 Å². The third kappa shape index (κ3) is 4.06. The van der Waals surface area contributed by atoms with Gasteiger partial charge in [0.1, 0.15) is 5.01 Å². The van der Waals surface area contributed by atoms with E-state index in [1.807, 2.05) is 29.6 Å². The van der Waals surface area contributed by atoms with Crippen LogP contribution in [0.5, 0.6) is 0 Å². The van der Waals surface area contributed by atoms with Crippen LogP contribution >= 0.6 is 11.3 Å². The lowest BCUT2D eigenvalue weighted by molar-refractivity contribution is -0.120. The van der Waals surface area contributed by atoms with E-state index < -0.39 is 0 Å². The average molecular weight is 289 g/mol. The van der Waals surface area contributed by atoms with Gasteiger partial charge in [-0.05, 0) is 30.7 Å². The molecule has 0 saturated heterocycles. The zero-order valence-corrected chi connectivity index (χ0v) is 12.4. The van der Waals surface area contributed by atoms with Crippen LogP contribution in [0.25, 0.3) is 10.6 Å². The standard InChI is InChI=1S/C15H19N3OS/c1-2-3-8-17-14(19)9-13-10-20-15(18-13)11-4-6-12(16)7-5-11/h4-7,10H,2-3,8-9,16H2,1H3,(H,17,19). The van der Waals surface area contributed by atoms with E-state index in [9.17, 15) is 4.79 Å². The monoisotopic (exact) mass is 289 g/mol. The zero-order valence-electron chi connectivity index (χ0n) is 11.6. The Morgan fingerprint density at radius 2 is 2.10 bits per heavy atom. The maximum absolute atomic E-state index is 11.7. The number of rotatable bonds is 6. The van der Waals surface area contributed by atoms with E-state index in [2.05, 4.69) is 17.2 Å². The fourth-order valence-electron chi connectivity index (χ4n) is 1.78. The van der Waals surface area contributed by atoms with E-state index >= 15 is 0 Å². The van der Waals surface area contributed by atoms with E-state index in [4.69, 9.17) is 5.73 Å². The SMILES string of the molecule is CCCCNC(=O)Cc1csc(-c2ccc(N)cc2)n1. The molecule has 0 atom stereocenters. The molecule has 1 aromatic heterocycles. The van der Waals surface area contributed by atoms with Gasteiger partial charge in [-0.1, -0.05) is 13.3 Å². The predicted molar refractivity (Wildman–Crippen MR) is 83.6 cm³/mol. The second-order valence-corrected chi connectivity index (χ2v) is 5.50. The molecule has 106 valence electrons. The second-order valence-electron chi connectivity index (χ2n) is 4.65. The smallest absolute Gasteiger partial charge is 0.226 e. The van der Waals surface area contributed by atoms with Crippen LogP contribution in [0.15, 0.2) is 29.6 Å². The van der Waals surface area contributed by atoms with Gasteiger partial charge >= 0.3 is 0 Å². The van der Waals surface area contributed by atoms with Gasteiger partial charge in [-0.3, -0.25) is 4.79 Å². The molecule has 0 aliphatic carbocycles. The van der Waals surface area contributed by atoms with Crippen molar-refractivity contribution < 1.29 is 4.79 Å². The number of unbranched alkanes of at least 4 members (excludes halogenated alkanes) is 1. The van der Waals surface area contributed by atoms with Crippen molar-refractivity contribution >= 4 is 22.9 Å². The molecule has 0 unspecified atom stereocenters. The van der Waals surface area contributed by atoms with E-state index in [0.29, 0.717) is 6.42 Å². The molecule has 0 aliphatic heterocycles. The first-order valence-electron chi connectivity index (χ1n) is 6.76. The molecule has 20 heavy (non-hydrogen) atoms. The molecule has 2 aromatic rings. The van der Waals surface area contributed by atoms with E-state index in [-0.39, 0.29) is 5.91 Å². The van der Waals surface area contributed by atoms with Crippen LogP contribution in [0.2, 0.25) is 0 Å². The number of hydrogen-bond acceptors (Lipinski definition) is 4. The van der Waals surface area contributed by atoms with Gasteiger partial charge in [0, 0.05) is 23.2 Å². The maximum Gasteiger partial charge on any atom is 0.226 e. The molecule has 0 aliphatic rings. The number of hydrogen-bond donors (Lipinski definition) is 2. The van der Waals surface area contributed by atoms with Gasteiger partial charge in [0.15, 0.2) is 0 Å². The molecule has 3 N–H and O–H groups in total. The van der Waals surface area contributed by atoms with Crippen LogP contribution in [0.3, 0.4) is 0 Å². The van der Waals surface area contributed by atoms with Crippen LogP contribution in [-0.4, -0.2) is 17.4 Å². The Morgan fingerprint density at radius 1 is 1.35 bits per heavy atom. The molecule has 0 spiro atoms. The summed E-state index contributed by atoms with van der Waals surface area (Å²) in [5.41, 5.74) is 8.25. The molecule has 1 aromatic carbocycles.